The normalized spacial score (nSPS) is 13.1. The molecule has 0 saturated heterocycles. The van der Waals surface area contributed by atoms with Crippen LogP contribution in [0.2, 0.25) is 0 Å². The van der Waals surface area contributed by atoms with E-state index in [1.807, 2.05) is 52.0 Å². The number of nitrogens with one attached hydrogen (secondary N) is 2. The lowest BCUT2D eigenvalue weighted by Crippen LogP contribution is -2.50. The highest BCUT2D eigenvalue weighted by molar-refractivity contribution is 5.97. The summed E-state index contributed by atoms with van der Waals surface area (Å²) in [5, 5.41) is 5.90. The number of aryl methyl sites for hydroxylation is 2. The monoisotopic (exact) mass is 366 g/mol. The van der Waals surface area contributed by atoms with E-state index in [1.165, 1.54) is 5.56 Å². The summed E-state index contributed by atoms with van der Waals surface area (Å²) in [5.74, 6) is -0.421. The van der Waals surface area contributed by atoms with Crippen molar-refractivity contribution in [2.75, 3.05) is 0 Å². The molecule has 2 amide bonds. The van der Waals surface area contributed by atoms with Gasteiger partial charge in [0.15, 0.2) is 0 Å². The van der Waals surface area contributed by atoms with Crippen LogP contribution in [0.5, 0.6) is 0 Å². The lowest BCUT2D eigenvalue weighted by Gasteiger charge is -2.24. The molecule has 4 nitrogen and oxygen atoms in total. The van der Waals surface area contributed by atoms with Crippen LogP contribution in [-0.4, -0.2) is 17.9 Å². The lowest BCUT2D eigenvalue weighted by atomic mass is 10.0. The summed E-state index contributed by atoms with van der Waals surface area (Å²) in [7, 11) is 0. The van der Waals surface area contributed by atoms with Gasteiger partial charge >= 0.3 is 0 Å². The van der Waals surface area contributed by atoms with Crippen LogP contribution in [0.3, 0.4) is 0 Å². The molecule has 4 heteroatoms. The molecule has 27 heavy (non-hydrogen) atoms. The smallest absolute Gasteiger partial charge is 0.251 e. The highest BCUT2D eigenvalue weighted by Gasteiger charge is 2.26. The number of hydrogen-bond donors (Lipinski definition) is 2. The molecule has 2 atom stereocenters. The molecule has 0 radical (unpaired) electrons. The molecule has 0 aliphatic carbocycles. The number of carbonyl (C=O) groups excluding carboxylic acids is 2. The fraction of sp³-hybridized carbons (Fsp3) is 0.391. The van der Waals surface area contributed by atoms with Crippen molar-refractivity contribution in [2.45, 2.75) is 53.1 Å². The number of amides is 2. The molecule has 0 aliphatic heterocycles. The van der Waals surface area contributed by atoms with Crippen LogP contribution in [0.4, 0.5) is 0 Å². The maximum atomic E-state index is 12.8. The zero-order valence-corrected chi connectivity index (χ0v) is 16.9. The summed E-state index contributed by atoms with van der Waals surface area (Å²) in [4.78, 5) is 25.3. The predicted molar refractivity (Wildman–Crippen MR) is 110 cm³/mol. The second kappa shape index (κ2) is 9.36. The molecule has 0 aliphatic rings. The van der Waals surface area contributed by atoms with Crippen LogP contribution >= 0.6 is 0 Å². The van der Waals surface area contributed by atoms with Gasteiger partial charge in [0.2, 0.25) is 5.91 Å². The van der Waals surface area contributed by atoms with Crippen molar-refractivity contribution in [2.24, 2.45) is 5.92 Å². The first kappa shape index (κ1) is 20.7. The highest BCUT2D eigenvalue weighted by Crippen LogP contribution is 2.15. The van der Waals surface area contributed by atoms with Crippen molar-refractivity contribution in [1.82, 2.24) is 10.6 Å². The van der Waals surface area contributed by atoms with Crippen LogP contribution in [0.15, 0.2) is 48.5 Å². The fourth-order valence-corrected chi connectivity index (χ4v) is 2.89. The Bertz CT molecular complexity index is 764. The number of carbonyl (C=O) groups is 2. The summed E-state index contributed by atoms with van der Waals surface area (Å²) in [6.07, 6.45) is 0.988. The van der Waals surface area contributed by atoms with E-state index in [-0.39, 0.29) is 23.8 Å². The Kier molecular flexibility index (Phi) is 7.17. The third-order valence-corrected chi connectivity index (χ3v) is 4.80. The van der Waals surface area contributed by atoms with Gasteiger partial charge in [-0.15, -0.1) is 0 Å². The van der Waals surface area contributed by atoms with Crippen LogP contribution in [0.25, 0.3) is 0 Å². The average Bonchev–Trinajstić information content (AvgIpc) is 2.66. The number of benzene rings is 2. The van der Waals surface area contributed by atoms with Gasteiger partial charge in [-0.2, -0.15) is 0 Å². The topological polar surface area (TPSA) is 58.2 Å². The molecule has 2 N–H and O–H groups in total. The molecular weight excluding hydrogens is 336 g/mol. The van der Waals surface area contributed by atoms with Gasteiger partial charge in [-0.1, -0.05) is 62.7 Å². The van der Waals surface area contributed by atoms with E-state index in [9.17, 15) is 9.59 Å². The third kappa shape index (κ3) is 5.68. The molecule has 0 aromatic heterocycles. The molecular formula is C23H30N2O2. The Hall–Kier alpha value is -2.62. The van der Waals surface area contributed by atoms with Crippen molar-refractivity contribution < 1.29 is 9.59 Å². The van der Waals surface area contributed by atoms with Gasteiger partial charge in [-0.3, -0.25) is 9.59 Å². The summed E-state index contributed by atoms with van der Waals surface area (Å²) in [6.45, 7) is 9.91. The molecule has 2 unspecified atom stereocenters. The molecule has 2 aromatic carbocycles. The Morgan fingerprint density at radius 1 is 0.889 bits per heavy atom. The first-order valence-corrected chi connectivity index (χ1v) is 9.58. The van der Waals surface area contributed by atoms with E-state index in [0.29, 0.717) is 5.56 Å². The minimum atomic E-state index is -0.587. The van der Waals surface area contributed by atoms with Crippen LogP contribution in [0, 0.1) is 12.8 Å². The van der Waals surface area contributed by atoms with Crippen LogP contribution in [-0.2, 0) is 11.2 Å². The highest BCUT2D eigenvalue weighted by atomic mass is 16.2. The van der Waals surface area contributed by atoms with Crippen molar-refractivity contribution in [3.8, 4) is 0 Å². The van der Waals surface area contributed by atoms with E-state index >= 15 is 0 Å². The minimum absolute atomic E-state index is 0.0194. The predicted octanol–water partition coefficient (Wildman–Crippen LogP) is 4.19. The summed E-state index contributed by atoms with van der Waals surface area (Å²) in [6, 6.07) is 14.9. The molecule has 2 rings (SSSR count). The molecule has 0 fully saturated rings. The Morgan fingerprint density at radius 2 is 1.48 bits per heavy atom. The van der Waals surface area contributed by atoms with Gasteiger partial charge < -0.3 is 10.6 Å². The van der Waals surface area contributed by atoms with Gasteiger partial charge in [-0.25, -0.2) is 0 Å². The van der Waals surface area contributed by atoms with Gasteiger partial charge in [0.05, 0.1) is 6.04 Å². The largest absolute Gasteiger partial charge is 0.348 e. The van der Waals surface area contributed by atoms with Gasteiger partial charge in [0.1, 0.15) is 6.04 Å². The second-order valence-corrected chi connectivity index (χ2v) is 7.39. The van der Waals surface area contributed by atoms with Crippen molar-refractivity contribution in [1.29, 1.82) is 0 Å². The van der Waals surface area contributed by atoms with Crippen molar-refractivity contribution in [3.63, 3.8) is 0 Å². The third-order valence-electron chi connectivity index (χ3n) is 4.80. The zero-order chi connectivity index (χ0) is 20.0. The summed E-state index contributed by atoms with van der Waals surface area (Å²) < 4.78 is 0. The Morgan fingerprint density at radius 3 is 2.00 bits per heavy atom. The minimum Gasteiger partial charge on any atom is -0.348 e. The maximum Gasteiger partial charge on any atom is 0.251 e. The van der Waals surface area contributed by atoms with Crippen molar-refractivity contribution in [3.05, 3.63) is 70.8 Å². The van der Waals surface area contributed by atoms with Gasteiger partial charge in [0, 0.05) is 5.56 Å². The Balaban J connectivity index is 2.04. The first-order chi connectivity index (χ1) is 12.8. The fourth-order valence-electron chi connectivity index (χ4n) is 2.89. The SMILES string of the molecule is CCc1ccc(C(C)NC(=O)C(NC(=O)c2ccc(C)cc2)C(C)C)cc1. The van der Waals surface area contributed by atoms with Gasteiger partial charge in [-0.05, 0) is 49.4 Å². The molecule has 144 valence electrons. The maximum absolute atomic E-state index is 12.8. The van der Waals surface area contributed by atoms with Crippen molar-refractivity contribution >= 4 is 11.8 Å². The molecule has 0 saturated carbocycles. The summed E-state index contributed by atoms with van der Waals surface area (Å²) >= 11 is 0. The van der Waals surface area contributed by atoms with E-state index in [4.69, 9.17) is 0 Å². The quantitative estimate of drug-likeness (QED) is 0.772. The van der Waals surface area contributed by atoms with E-state index in [2.05, 4.69) is 29.7 Å². The molecule has 0 spiro atoms. The molecule has 0 heterocycles. The molecule has 2 aromatic rings. The standard InChI is InChI=1S/C23H30N2O2/c1-6-18-9-13-19(14-10-18)17(5)24-23(27)21(15(2)3)25-22(26)20-11-7-16(4)8-12-20/h7-15,17,21H,6H2,1-5H3,(H,24,27)(H,25,26). The van der Waals surface area contributed by atoms with Crippen LogP contribution in [0.1, 0.15) is 60.8 Å². The average molecular weight is 367 g/mol. The molecule has 0 bridgehead atoms. The van der Waals surface area contributed by atoms with E-state index < -0.39 is 6.04 Å². The number of rotatable bonds is 7. The summed E-state index contributed by atoms with van der Waals surface area (Å²) in [5.41, 5.74) is 3.96. The van der Waals surface area contributed by atoms with E-state index in [1.54, 1.807) is 12.1 Å². The number of hydrogen-bond acceptors (Lipinski definition) is 2. The van der Waals surface area contributed by atoms with Crippen LogP contribution < -0.4 is 10.6 Å². The van der Waals surface area contributed by atoms with E-state index in [0.717, 1.165) is 17.5 Å². The van der Waals surface area contributed by atoms with Gasteiger partial charge in [0.25, 0.3) is 5.91 Å². The lowest BCUT2D eigenvalue weighted by molar-refractivity contribution is -0.124. The zero-order valence-electron chi connectivity index (χ0n) is 16.9. The second-order valence-electron chi connectivity index (χ2n) is 7.39. The first-order valence-electron chi connectivity index (χ1n) is 9.58. The Labute approximate surface area is 162 Å².